The topological polar surface area (TPSA) is 6.48 Å². The second kappa shape index (κ2) is 6.97. The first-order valence-electron chi connectivity index (χ1n) is 7.55. The van der Waals surface area contributed by atoms with Gasteiger partial charge in [0.25, 0.3) is 0 Å². The third kappa shape index (κ3) is 3.58. The van der Waals surface area contributed by atoms with Gasteiger partial charge in [0.15, 0.2) is 0 Å². The van der Waals surface area contributed by atoms with Crippen LogP contribution < -0.4 is 4.90 Å². The van der Waals surface area contributed by atoms with E-state index in [2.05, 4.69) is 64.4 Å². The maximum atomic E-state index is 5.81. The highest BCUT2D eigenvalue weighted by atomic mass is 35.5. The molecule has 2 nitrogen and oxygen atoms in total. The maximum absolute atomic E-state index is 5.81. The summed E-state index contributed by atoms with van der Waals surface area (Å²) in [5.74, 6) is 0.728. The minimum Gasteiger partial charge on any atom is -0.369 e. The molecule has 0 aromatic heterocycles. The molecular weight excluding hydrogens is 280 g/mol. The van der Waals surface area contributed by atoms with Gasteiger partial charge < -0.3 is 4.90 Å². The van der Waals surface area contributed by atoms with Crippen LogP contribution in [0.15, 0.2) is 54.6 Å². The van der Waals surface area contributed by atoms with Crippen molar-refractivity contribution in [1.29, 1.82) is 0 Å². The van der Waals surface area contributed by atoms with Gasteiger partial charge in [0.1, 0.15) is 0 Å². The largest absolute Gasteiger partial charge is 0.369 e. The van der Waals surface area contributed by atoms with Crippen LogP contribution in [0, 0.1) is 0 Å². The molecule has 1 saturated heterocycles. The van der Waals surface area contributed by atoms with E-state index < -0.39 is 0 Å². The Morgan fingerprint density at radius 2 is 1.38 bits per heavy atom. The maximum Gasteiger partial charge on any atom is 0.0367 e. The van der Waals surface area contributed by atoms with Gasteiger partial charge in [-0.1, -0.05) is 42.5 Å². The lowest BCUT2D eigenvalue weighted by molar-refractivity contribution is 0.272. The number of piperazine rings is 1. The van der Waals surface area contributed by atoms with Crippen LogP contribution in [0.2, 0.25) is 0 Å². The first-order chi connectivity index (χ1) is 10.4. The molecule has 0 bridgehead atoms. The Morgan fingerprint density at radius 3 is 2.00 bits per heavy atom. The van der Waals surface area contributed by atoms with Gasteiger partial charge in [-0.25, -0.2) is 0 Å². The van der Waals surface area contributed by atoms with Gasteiger partial charge in [0, 0.05) is 44.3 Å². The van der Waals surface area contributed by atoms with E-state index in [-0.39, 0.29) is 0 Å². The smallest absolute Gasteiger partial charge is 0.0367 e. The van der Waals surface area contributed by atoms with Crippen LogP contribution in [0.5, 0.6) is 0 Å². The van der Waals surface area contributed by atoms with Crippen molar-refractivity contribution in [2.45, 2.75) is 0 Å². The Hall–Kier alpha value is -1.51. The minimum absolute atomic E-state index is 0.728. The number of benzene rings is 2. The zero-order valence-corrected chi connectivity index (χ0v) is 13.0. The molecule has 1 aliphatic rings. The summed E-state index contributed by atoms with van der Waals surface area (Å²) in [4.78, 5) is 4.89. The molecular formula is C18H21ClN2. The summed E-state index contributed by atoms with van der Waals surface area (Å²) in [6.45, 7) is 5.38. The summed E-state index contributed by atoms with van der Waals surface area (Å²) in [5, 5.41) is 0. The van der Waals surface area contributed by atoms with Crippen LogP contribution >= 0.6 is 11.6 Å². The van der Waals surface area contributed by atoms with Gasteiger partial charge >= 0.3 is 0 Å². The van der Waals surface area contributed by atoms with Crippen molar-refractivity contribution in [1.82, 2.24) is 4.90 Å². The van der Waals surface area contributed by atoms with Crippen molar-refractivity contribution < 1.29 is 0 Å². The molecule has 110 valence electrons. The highest BCUT2D eigenvalue weighted by Crippen LogP contribution is 2.23. The molecule has 21 heavy (non-hydrogen) atoms. The number of alkyl halides is 1. The molecule has 0 unspecified atom stereocenters. The van der Waals surface area contributed by atoms with Crippen LogP contribution in [0.1, 0.15) is 0 Å². The summed E-state index contributed by atoms with van der Waals surface area (Å²) in [6.07, 6.45) is 0. The fourth-order valence-electron chi connectivity index (χ4n) is 2.84. The molecule has 1 fully saturated rings. The molecule has 1 aliphatic heterocycles. The van der Waals surface area contributed by atoms with Crippen molar-refractivity contribution in [3.8, 4) is 11.1 Å². The third-order valence-electron chi connectivity index (χ3n) is 4.11. The van der Waals surface area contributed by atoms with E-state index in [1.54, 1.807) is 0 Å². The van der Waals surface area contributed by atoms with Crippen LogP contribution in [0.3, 0.4) is 0 Å². The van der Waals surface area contributed by atoms with Crippen molar-refractivity contribution in [3.63, 3.8) is 0 Å². The Bertz CT molecular complexity index is 545. The molecule has 2 aromatic rings. The first-order valence-corrected chi connectivity index (χ1v) is 8.09. The zero-order valence-electron chi connectivity index (χ0n) is 12.2. The molecule has 0 radical (unpaired) electrons. The van der Waals surface area contributed by atoms with Crippen LogP contribution in [0.25, 0.3) is 11.1 Å². The van der Waals surface area contributed by atoms with Crippen molar-refractivity contribution in [3.05, 3.63) is 54.6 Å². The highest BCUT2D eigenvalue weighted by molar-refractivity contribution is 6.18. The second-order valence-corrected chi connectivity index (χ2v) is 5.81. The number of halogens is 1. The number of hydrogen-bond acceptors (Lipinski definition) is 2. The lowest BCUT2D eigenvalue weighted by Crippen LogP contribution is -2.46. The van der Waals surface area contributed by atoms with Gasteiger partial charge in [0.2, 0.25) is 0 Å². The van der Waals surface area contributed by atoms with Gasteiger partial charge in [-0.2, -0.15) is 0 Å². The molecule has 2 aromatic carbocycles. The molecule has 0 spiro atoms. The number of rotatable bonds is 4. The normalized spacial score (nSPS) is 16.1. The van der Waals surface area contributed by atoms with Gasteiger partial charge in [-0.15, -0.1) is 11.6 Å². The monoisotopic (exact) mass is 300 g/mol. The molecule has 0 aliphatic carbocycles. The molecule has 1 heterocycles. The van der Waals surface area contributed by atoms with E-state index in [0.717, 1.165) is 38.6 Å². The van der Waals surface area contributed by atoms with Crippen molar-refractivity contribution in [2.24, 2.45) is 0 Å². The molecule has 0 atom stereocenters. The van der Waals surface area contributed by atoms with E-state index in [4.69, 9.17) is 11.6 Å². The Balaban J connectivity index is 1.65. The second-order valence-electron chi connectivity index (χ2n) is 5.43. The molecule has 0 saturated carbocycles. The lowest BCUT2D eigenvalue weighted by atomic mass is 10.1. The van der Waals surface area contributed by atoms with Crippen molar-refractivity contribution >= 4 is 17.3 Å². The fraction of sp³-hybridized carbons (Fsp3) is 0.333. The van der Waals surface area contributed by atoms with Crippen LogP contribution in [0.4, 0.5) is 5.69 Å². The third-order valence-corrected chi connectivity index (χ3v) is 4.28. The van der Waals surface area contributed by atoms with E-state index in [1.165, 1.54) is 16.8 Å². The van der Waals surface area contributed by atoms with E-state index in [0.29, 0.717) is 0 Å². The van der Waals surface area contributed by atoms with E-state index in [9.17, 15) is 0 Å². The first kappa shape index (κ1) is 14.4. The molecule has 3 rings (SSSR count). The van der Waals surface area contributed by atoms with Crippen LogP contribution in [-0.2, 0) is 0 Å². The zero-order chi connectivity index (χ0) is 14.5. The number of hydrogen-bond donors (Lipinski definition) is 0. The van der Waals surface area contributed by atoms with Gasteiger partial charge in [-0.05, 0) is 23.3 Å². The Morgan fingerprint density at radius 1 is 0.762 bits per heavy atom. The summed E-state index contributed by atoms with van der Waals surface area (Å²) < 4.78 is 0. The standard InChI is InChI=1S/C18H21ClN2/c19-10-11-20-12-14-21(15-13-20)18-8-6-17(7-9-18)16-4-2-1-3-5-16/h1-9H,10-15H2. The average Bonchev–Trinajstić information content (AvgIpc) is 2.57. The van der Waals surface area contributed by atoms with Gasteiger partial charge in [-0.3, -0.25) is 4.90 Å². The van der Waals surface area contributed by atoms with E-state index in [1.807, 2.05) is 0 Å². The molecule has 0 amide bonds. The predicted octanol–water partition coefficient (Wildman–Crippen LogP) is 3.71. The predicted molar refractivity (Wildman–Crippen MR) is 91.3 cm³/mol. The number of nitrogens with zero attached hydrogens (tertiary/aromatic N) is 2. The number of anilines is 1. The summed E-state index contributed by atoms with van der Waals surface area (Å²) in [5.41, 5.74) is 3.87. The minimum atomic E-state index is 0.728. The Labute approximate surface area is 131 Å². The molecule has 0 N–H and O–H groups in total. The highest BCUT2D eigenvalue weighted by Gasteiger charge is 2.16. The van der Waals surface area contributed by atoms with Crippen LogP contribution in [-0.4, -0.2) is 43.5 Å². The quantitative estimate of drug-likeness (QED) is 0.794. The SMILES string of the molecule is ClCCN1CCN(c2ccc(-c3ccccc3)cc2)CC1. The summed E-state index contributed by atoms with van der Waals surface area (Å²) in [7, 11) is 0. The summed E-state index contributed by atoms with van der Waals surface area (Å²) in [6, 6.07) is 19.4. The lowest BCUT2D eigenvalue weighted by Gasteiger charge is -2.35. The Kier molecular flexibility index (Phi) is 4.79. The molecule has 3 heteroatoms. The average molecular weight is 301 g/mol. The van der Waals surface area contributed by atoms with Crippen molar-refractivity contribution in [2.75, 3.05) is 43.5 Å². The van der Waals surface area contributed by atoms with E-state index >= 15 is 0 Å². The van der Waals surface area contributed by atoms with Gasteiger partial charge in [0.05, 0.1) is 0 Å². The summed E-state index contributed by atoms with van der Waals surface area (Å²) >= 11 is 5.81. The fourth-order valence-corrected chi connectivity index (χ4v) is 3.08.